The fourth-order valence-electron chi connectivity index (χ4n) is 4.26. The van der Waals surface area contributed by atoms with Gasteiger partial charge in [-0.15, -0.1) is 11.3 Å². The average molecular weight is 530 g/mol. The summed E-state index contributed by atoms with van der Waals surface area (Å²) in [5.41, 5.74) is 5.19. The Hall–Kier alpha value is -4.00. The van der Waals surface area contributed by atoms with E-state index in [4.69, 9.17) is 16.7 Å². The number of carboxylic acids is 1. The van der Waals surface area contributed by atoms with Gasteiger partial charge in [-0.3, -0.25) is 4.79 Å². The number of amides is 1. The van der Waals surface area contributed by atoms with E-state index in [0.717, 1.165) is 37.9 Å². The zero-order valence-electron chi connectivity index (χ0n) is 19.5. The first kappa shape index (κ1) is 24.7. The molecule has 0 saturated heterocycles. The number of carbonyl (C=O) groups is 2. The van der Waals surface area contributed by atoms with Crippen LogP contribution in [-0.4, -0.2) is 17.0 Å². The minimum atomic E-state index is -1.000. The molecule has 0 unspecified atom stereocenters. The maximum absolute atomic E-state index is 13.5. The van der Waals surface area contributed by atoms with Crippen LogP contribution >= 0.6 is 22.9 Å². The molecule has 5 rings (SSSR count). The molecule has 184 valence electrons. The standard InChI is InChI=1S/C30H21ClFNO3S/c31-24-3-1-2-19(13-24)12-23-17-37-27-15-22(20-8-10-25(32)11-9-20)14-26(28(23)27)29(34)33-16-18-4-6-21(7-5-18)30(35)36/h1-11,13-15,17H,12,16H2,(H,33,34)(H,35,36). The van der Waals surface area contributed by atoms with Gasteiger partial charge in [0.05, 0.1) is 5.56 Å². The highest BCUT2D eigenvalue weighted by atomic mass is 35.5. The second-order valence-electron chi connectivity index (χ2n) is 8.66. The smallest absolute Gasteiger partial charge is 0.335 e. The number of carbonyl (C=O) groups excluding carboxylic acids is 1. The molecule has 4 aromatic carbocycles. The van der Waals surface area contributed by atoms with Crippen LogP contribution in [-0.2, 0) is 13.0 Å². The lowest BCUT2D eigenvalue weighted by Crippen LogP contribution is -2.23. The Morgan fingerprint density at radius 2 is 1.65 bits per heavy atom. The molecule has 0 bridgehead atoms. The first-order chi connectivity index (χ1) is 17.9. The minimum Gasteiger partial charge on any atom is -0.478 e. The summed E-state index contributed by atoms with van der Waals surface area (Å²) in [6.45, 7) is 0.245. The molecule has 0 aliphatic heterocycles. The number of rotatable bonds is 7. The zero-order valence-corrected chi connectivity index (χ0v) is 21.1. The summed E-state index contributed by atoms with van der Waals surface area (Å²) in [5, 5.41) is 15.7. The first-order valence-corrected chi connectivity index (χ1v) is 12.8. The highest BCUT2D eigenvalue weighted by molar-refractivity contribution is 7.17. The van der Waals surface area contributed by atoms with Gasteiger partial charge < -0.3 is 10.4 Å². The van der Waals surface area contributed by atoms with Crippen LogP contribution in [0.4, 0.5) is 4.39 Å². The van der Waals surface area contributed by atoms with Crippen LogP contribution in [0, 0.1) is 5.82 Å². The summed E-state index contributed by atoms with van der Waals surface area (Å²) in [4.78, 5) is 24.6. The second-order valence-corrected chi connectivity index (χ2v) is 10.0. The molecule has 0 saturated carbocycles. The number of carboxylic acid groups (broad SMARTS) is 1. The van der Waals surface area contributed by atoms with E-state index in [2.05, 4.69) is 10.7 Å². The lowest BCUT2D eigenvalue weighted by atomic mass is 9.96. The first-order valence-electron chi connectivity index (χ1n) is 11.5. The van der Waals surface area contributed by atoms with Crippen molar-refractivity contribution in [2.75, 3.05) is 0 Å². The molecule has 0 aliphatic carbocycles. The van der Waals surface area contributed by atoms with Crippen molar-refractivity contribution in [2.45, 2.75) is 13.0 Å². The predicted octanol–water partition coefficient (Wildman–Crippen LogP) is 7.58. The maximum atomic E-state index is 13.5. The Balaban J connectivity index is 1.52. The van der Waals surface area contributed by atoms with Gasteiger partial charge in [0.1, 0.15) is 5.82 Å². The van der Waals surface area contributed by atoms with Gasteiger partial charge in [0, 0.05) is 27.2 Å². The molecule has 5 aromatic rings. The molecule has 0 radical (unpaired) electrons. The number of aromatic carboxylic acids is 1. The van der Waals surface area contributed by atoms with E-state index in [0.29, 0.717) is 17.0 Å². The third-order valence-electron chi connectivity index (χ3n) is 6.11. The van der Waals surface area contributed by atoms with Crippen molar-refractivity contribution < 1.29 is 19.1 Å². The second kappa shape index (κ2) is 10.5. The molecule has 2 N–H and O–H groups in total. The summed E-state index contributed by atoms with van der Waals surface area (Å²) in [6.07, 6.45) is 0.618. The van der Waals surface area contributed by atoms with Crippen LogP contribution in [0.2, 0.25) is 5.02 Å². The van der Waals surface area contributed by atoms with Crippen molar-refractivity contribution in [2.24, 2.45) is 0 Å². The van der Waals surface area contributed by atoms with Crippen LogP contribution in [0.3, 0.4) is 0 Å². The lowest BCUT2D eigenvalue weighted by Gasteiger charge is -2.12. The van der Waals surface area contributed by atoms with E-state index < -0.39 is 5.97 Å². The number of halogens is 2. The summed E-state index contributed by atoms with van der Waals surface area (Å²) in [5.74, 6) is -1.57. The third-order valence-corrected chi connectivity index (χ3v) is 7.32. The van der Waals surface area contributed by atoms with Gasteiger partial charge in [-0.25, -0.2) is 9.18 Å². The molecule has 37 heavy (non-hydrogen) atoms. The molecule has 0 spiro atoms. The number of hydrogen-bond acceptors (Lipinski definition) is 3. The van der Waals surface area contributed by atoms with Crippen LogP contribution < -0.4 is 5.32 Å². The van der Waals surface area contributed by atoms with Crippen LogP contribution in [0.5, 0.6) is 0 Å². The van der Waals surface area contributed by atoms with Crippen LogP contribution in [0.15, 0.2) is 90.3 Å². The van der Waals surface area contributed by atoms with Gasteiger partial charge in [-0.05, 0) is 88.1 Å². The van der Waals surface area contributed by atoms with Crippen molar-refractivity contribution >= 4 is 44.9 Å². The topological polar surface area (TPSA) is 66.4 Å². The van der Waals surface area contributed by atoms with E-state index in [9.17, 15) is 14.0 Å². The highest BCUT2D eigenvalue weighted by Crippen LogP contribution is 2.35. The van der Waals surface area contributed by atoms with Crippen molar-refractivity contribution in [3.05, 3.63) is 129 Å². The van der Waals surface area contributed by atoms with Gasteiger partial charge in [-0.2, -0.15) is 0 Å². The summed E-state index contributed by atoms with van der Waals surface area (Å²) >= 11 is 7.75. The molecule has 0 fully saturated rings. The largest absolute Gasteiger partial charge is 0.478 e. The number of fused-ring (bicyclic) bond motifs is 1. The molecular weight excluding hydrogens is 509 g/mol. The van der Waals surface area contributed by atoms with Crippen molar-refractivity contribution in [3.63, 3.8) is 0 Å². The quantitative estimate of drug-likeness (QED) is 0.228. The molecule has 0 aliphatic rings. The summed E-state index contributed by atoms with van der Waals surface area (Å²) in [7, 11) is 0. The SMILES string of the molecule is O=C(O)c1ccc(CNC(=O)c2cc(-c3ccc(F)cc3)cc3scc(Cc4cccc(Cl)c4)c23)cc1. The zero-order chi connectivity index (χ0) is 25.9. The molecule has 4 nitrogen and oxygen atoms in total. The fraction of sp³-hybridized carbons (Fsp3) is 0.0667. The predicted molar refractivity (Wildman–Crippen MR) is 146 cm³/mol. The van der Waals surface area contributed by atoms with Crippen LogP contribution in [0.25, 0.3) is 21.2 Å². The van der Waals surface area contributed by atoms with Gasteiger partial charge in [0.25, 0.3) is 5.91 Å². The van der Waals surface area contributed by atoms with Gasteiger partial charge in [0.2, 0.25) is 0 Å². The molecular formula is C30H21ClFNO3S. The Morgan fingerprint density at radius 3 is 2.35 bits per heavy atom. The molecule has 1 aromatic heterocycles. The number of hydrogen-bond donors (Lipinski definition) is 2. The Kier molecular flexibility index (Phi) is 7.04. The summed E-state index contributed by atoms with van der Waals surface area (Å²) < 4.78 is 14.5. The summed E-state index contributed by atoms with van der Waals surface area (Å²) in [6, 6.07) is 24.1. The monoisotopic (exact) mass is 529 g/mol. The number of benzene rings is 4. The Bertz CT molecular complexity index is 1610. The molecule has 0 atom stereocenters. The van der Waals surface area contributed by atoms with Crippen molar-refractivity contribution in [1.82, 2.24) is 5.32 Å². The van der Waals surface area contributed by atoms with E-state index in [-0.39, 0.29) is 23.8 Å². The van der Waals surface area contributed by atoms with E-state index >= 15 is 0 Å². The van der Waals surface area contributed by atoms with Crippen LogP contribution in [0.1, 0.15) is 37.4 Å². The maximum Gasteiger partial charge on any atom is 0.335 e. The fourth-order valence-corrected chi connectivity index (χ4v) is 5.50. The third kappa shape index (κ3) is 5.56. The van der Waals surface area contributed by atoms with E-state index in [1.165, 1.54) is 24.3 Å². The molecule has 7 heteroatoms. The highest BCUT2D eigenvalue weighted by Gasteiger charge is 2.18. The van der Waals surface area contributed by atoms with Gasteiger partial charge >= 0.3 is 5.97 Å². The average Bonchev–Trinajstić information content (AvgIpc) is 3.30. The van der Waals surface area contributed by atoms with Crippen molar-refractivity contribution in [3.8, 4) is 11.1 Å². The molecule has 1 heterocycles. The Morgan fingerprint density at radius 1 is 0.892 bits per heavy atom. The minimum absolute atomic E-state index is 0.188. The lowest BCUT2D eigenvalue weighted by molar-refractivity contribution is 0.0696. The van der Waals surface area contributed by atoms with E-state index in [1.807, 2.05) is 36.4 Å². The number of thiophene rings is 1. The Labute approximate surface area is 222 Å². The number of nitrogens with one attached hydrogen (secondary N) is 1. The normalized spacial score (nSPS) is 11.0. The van der Waals surface area contributed by atoms with Gasteiger partial charge in [0.15, 0.2) is 0 Å². The molecule has 1 amide bonds. The van der Waals surface area contributed by atoms with E-state index in [1.54, 1.807) is 35.6 Å². The van der Waals surface area contributed by atoms with Crippen molar-refractivity contribution in [1.29, 1.82) is 0 Å². The van der Waals surface area contributed by atoms with Gasteiger partial charge in [-0.1, -0.05) is 48.0 Å².